The Labute approximate surface area is 266 Å². The number of halogens is 1. The summed E-state index contributed by atoms with van der Waals surface area (Å²) in [7, 11) is 0. The number of aromatic amines is 1. The van der Waals surface area contributed by atoms with Crippen LogP contribution in [0.4, 0.5) is 4.79 Å². The number of carboxylic acids is 1. The fraction of sp³-hybridized carbons (Fsp3) is 0.500. The first-order valence-electron chi connectivity index (χ1n) is 15.9. The van der Waals surface area contributed by atoms with Gasteiger partial charge in [0.2, 0.25) is 5.91 Å². The Balaban J connectivity index is 1.12. The molecule has 1 aromatic heterocycles. The van der Waals surface area contributed by atoms with Crippen LogP contribution in [-0.4, -0.2) is 74.3 Å². The molecule has 0 radical (unpaired) electrons. The molecule has 3 aliphatic heterocycles. The number of hydroxylamine groups is 2. The van der Waals surface area contributed by atoms with E-state index in [4.69, 9.17) is 21.2 Å². The van der Waals surface area contributed by atoms with Crippen LogP contribution in [0.1, 0.15) is 56.6 Å². The van der Waals surface area contributed by atoms with E-state index in [-0.39, 0.29) is 38.1 Å². The molecule has 0 unspecified atom stereocenters. The maximum atomic E-state index is 14.5. The second-order valence-corrected chi connectivity index (χ2v) is 14.0. The second-order valence-electron chi connectivity index (χ2n) is 13.6. The number of carbonyl (C=O) groups excluding carboxylic acids is 2. The van der Waals surface area contributed by atoms with Crippen molar-refractivity contribution in [1.29, 1.82) is 0 Å². The zero-order valence-corrected chi connectivity index (χ0v) is 26.0. The van der Waals surface area contributed by atoms with Gasteiger partial charge in [0.05, 0.1) is 12.7 Å². The SMILES string of the molecule is C[C@](Cc1c[nH]c2ccccc12)(NC(=O)ON1C2CC3CC(C2)CC1C3)C(=O)N1C[C@H](OCc2cccc(Cl)c2)C[C@@H]1C(=O)O. The molecule has 4 bridgehead atoms. The number of carbonyl (C=O) groups is 3. The van der Waals surface area contributed by atoms with Gasteiger partial charge in [-0.25, -0.2) is 9.59 Å². The number of ether oxygens (including phenoxy) is 1. The molecule has 2 saturated carbocycles. The lowest BCUT2D eigenvalue weighted by Gasteiger charge is -2.54. The molecule has 2 aromatic carbocycles. The maximum absolute atomic E-state index is 14.5. The van der Waals surface area contributed by atoms with Crippen molar-refractivity contribution in [3.63, 3.8) is 0 Å². The third-order valence-corrected chi connectivity index (χ3v) is 10.5. The van der Waals surface area contributed by atoms with Crippen LogP contribution < -0.4 is 5.32 Å². The first-order valence-corrected chi connectivity index (χ1v) is 16.3. The van der Waals surface area contributed by atoms with Crippen molar-refractivity contribution in [2.45, 2.75) is 88.2 Å². The topological polar surface area (TPSA) is 124 Å². The third-order valence-electron chi connectivity index (χ3n) is 10.2. The van der Waals surface area contributed by atoms with Gasteiger partial charge >= 0.3 is 12.1 Å². The maximum Gasteiger partial charge on any atom is 0.427 e. The molecule has 2 aliphatic carbocycles. The lowest BCUT2D eigenvalue weighted by molar-refractivity contribution is -0.228. The molecule has 2 amide bonds. The molecule has 238 valence electrons. The molecule has 5 aliphatic rings. The molecule has 5 fully saturated rings. The zero-order chi connectivity index (χ0) is 31.3. The van der Waals surface area contributed by atoms with Gasteiger partial charge in [-0.05, 0) is 80.2 Å². The van der Waals surface area contributed by atoms with Crippen LogP contribution in [0.25, 0.3) is 10.9 Å². The third kappa shape index (κ3) is 6.03. The van der Waals surface area contributed by atoms with E-state index < -0.39 is 35.7 Å². The van der Waals surface area contributed by atoms with Crippen LogP contribution in [0, 0.1) is 11.8 Å². The summed E-state index contributed by atoms with van der Waals surface area (Å²) in [6.07, 6.45) is 6.28. The van der Waals surface area contributed by atoms with Crippen molar-refractivity contribution in [1.82, 2.24) is 20.3 Å². The van der Waals surface area contributed by atoms with Crippen LogP contribution in [0.2, 0.25) is 5.02 Å². The minimum Gasteiger partial charge on any atom is -0.480 e. The summed E-state index contributed by atoms with van der Waals surface area (Å²) in [5.74, 6) is -0.220. The number of benzene rings is 2. The number of likely N-dealkylation sites (tertiary alicyclic amines) is 1. The number of hydrogen-bond donors (Lipinski definition) is 3. The van der Waals surface area contributed by atoms with Gasteiger partial charge in [-0.1, -0.05) is 41.9 Å². The quantitative estimate of drug-likeness (QED) is 0.292. The Morgan fingerprint density at radius 1 is 1.02 bits per heavy atom. The highest BCUT2D eigenvalue weighted by Gasteiger charge is 2.51. The molecule has 45 heavy (non-hydrogen) atoms. The molecule has 4 heterocycles. The monoisotopic (exact) mass is 634 g/mol. The minimum absolute atomic E-state index is 0.0790. The number of carboxylic acid groups (broad SMARTS) is 1. The number of para-hydroxylation sites is 1. The van der Waals surface area contributed by atoms with E-state index >= 15 is 0 Å². The van der Waals surface area contributed by atoms with Gasteiger partial charge in [-0.15, -0.1) is 5.06 Å². The standard InChI is InChI=1S/C34H39ClN4O6/c1-34(16-23-17-36-29-8-3-2-7-28(23)29,37-33(43)45-39-25-11-21-9-22(13-25)14-26(39)12-21)32(42)38-18-27(15-30(38)31(40)41)44-19-20-5-4-6-24(35)10-20/h2-8,10,17,21-22,25-27,30,36H,9,11-16,18-19H2,1H3,(H,37,43)(H,40,41)/t21?,22?,25?,26?,27-,30-,34-/m1/s1. The summed E-state index contributed by atoms with van der Waals surface area (Å²) in [4.78, 5) is 51.1. The van der Waals surface area contributed by atoms with Crippen molar-refractivity contribution in [3.05, 3.63) is 70.9 Å². The molecule has 8 rings (SSSR count). The Kier molecular flexibility index (Phi) is 8.00. The number of H-pyrrole nitrogens is 1. The van der Waals surface area contributed by atoms with Crippen molar-refractivity contribution in [2.24, 2.45) is 11.8 Å². The minimum atomic E-state index is -1.50. The normalized spacial score (nSPS) is 28.7. The predicted octanol–water partition coefficient (Wildman–Crippen LogP) is 5.30. The number of aliphatic carboxylic acids is 1. The van der Waals surface area contributed by atoms with E-state index in [1.165, 1.54) is 11.3 Å². The number of piperidine rings is 2. The van der Waals surface area contributed by atoms with E-state index in [2.05, 4.69) is 10.3 Å². The molecule has 3 atom stereocenters. The molecular formula is C34H39ClN4O6. The lowest BCUT2D eigenvalue weighted by atomic mass is 9.64. The van der Waals surface area contributed by atoms with E-state index in [1.54, 1.807) is 19.1 Å². The molecular weight excluding hydrogens is 596 g/mol. The Morgan fingerprint density at radius 3 is 2.47 bits per heavy atom. The fourth-order valence-electron chi connectivity index (χ4n) is 8.35. The van der Waals surface area contributed by atoms with Gasteiger partial charge < -0.3 is 29.9 Å². The highest BCUT2D eigenvalue weighted by Crippen LogP contribution is 2.49. The summed E-state index contributed by atoms with van der Waals surface area (Å²) in [5.41, 5.74) is 1.10. The molecule has 3 N–H and O–H groups in total. The van der Waals surface area contributed by atoms with Crippen molar-refractivity contribution in [2.75, 3.05) is 6.54 Å². The van der Waals surface area contributed by atoms with Crippen molar-refractivity contribution < 1.29 is 29.1 Å². The van der Waals surface area contributed by atoms with Crippen LogP contribution in [-0.2, 0) is 32.2 Å². The van der Waals surface area contributed by atoms with E-state index in [0.717, 1.165) is 47.7 Å². The number of amides is 2. The highest BCUT2D eigenvalue weighted by atomic mass is 35.5. The van der Waals surface area contributed by atoms with Crippen LogP contribution >= 0.6 is 11.6 Å². The first kappa shape index (κ1) is 30.1. The second kappa shape index (κ2) is 12.0. The smallest absolute Gasteiger partial charge is 0.427 e. The van der Waals surface area contributed by atoms with Gasteiger partial charge in [0.25, 0.3) is 0 Å². The number of aromatic nitrogens is 1. The summed E-state index contributed by atoms with van der Waals surface area (Å²) in [6.45, 7) is 1.97. The Hall–Kier alpha value is -3.60. The van der Waals surface area contributed by atoms with Crippen LogP contribution in [0.3, 0.4) is 0 Å². The molecule has 10 nitrogen and oxygen atoms in total. The highest BCUT2D eigenvalue weighted by molar-refractivity contribution is 6.30. The number of nitrogens with one attached hydrogen (secondary N) is 2. The zero-order valence-electron chi connectivity index (χ0n) is 25.3. The Bertz CT molecular complexity index is 1580. The molecule has 0 spiro atoms. The molecule has 3 saturated heterocycles. The molecule has 11 heteroatoms. The summed E-state index contributed by atoms with van der Waals surface area (Å²) in [5, 5.41) is 16.5. The van der Waals surface area contributed by atoms with Crippen LogP contribution in [0.15, 0.2) is 54.7 Å². The average Bonchev–Trinajstić information content (AvgIpc) is 3.62. The van der Waals surface area contributed by atoms with Gasteiger partial charge in [0.15, 0.2) is 0 Å². The summed E-state index contributed by atoms with van der Waals surface area (Å²) >= 11 is 6.12. The fourth-order valence-corrected chi connectivity index (χ4v) is 8.57. The van der Waals surface area contributed by atoms with Crippen LogP contribution in [0.5, 0.6) is 0 Å². The van der Waals surface area contributed by atoms with Crippen molar-refractivity contribution in [3.8, 4) is 0 Å². The lowest BCUT2D eigenvalue weighted by Crippen LogP contribution is -2.63. The molecule has 3 aromatic rings. The van der Waals surface area contributed by atoms with Gasteiger partial charge in [0, 0.05) is 53.6 Å². The van der Waals surface area contributed by atoms with Gasteiger partial charge in [-0.3, -0.25) is 4.79 Å². The summed E-state index contributed by atoms with van der Waals surface area (Å²) < 4.78 is 6.08. The Morgan fingerprint density at radius 2 is 1.76 bits per heavy atom. The van der Waals surface area contributed by atoms with Gasteiger partial charge in [-0.2, -0.15) is 0 Å². The van der Waals surface area contributed by atoms with E-state index in [9.17, 15) is 19.5 Å². The van der Waals surface area contributed by atoms with E-state index in [0.29, 0.717) is 16.9 Å². The number of rotatable bonds is 9. The van der Waals surface area contributed by atoms with Gasteiger partial charge in [0.1, 0.15) is 11.6 Å². The number of hydrogen-bond acceptors (Lipinski definition) is 6. The largest absolute Gasteiger partial charge is 0.480 e. The average molecular weight is 635 g/mol. The van der Waals surface area contributed by atoms with Crippen molar-refractivity contribution >= 4 is 40.5 Å². The number of nitrogens with zero attached hydrogens (tertiary/aromatic N) is 2. The number of fused-ring (bicyclic) bond motifs is 1. The van der Waals surface area contributed by atoms with E-state index in [1.807, 2.05) is 47.7 Å². The predicted molar refractivity (Wildman–Crippen MR) is 167 cm³/mol. The first-order chi connectivity index (χ1) is 21.6. The summed E-state index contributed by atoms with van der Waals surface area (Å²) in [6, 6.07) is 14.3.